The molecule has 0 aliphatic carbocycles. The van der Waals surface area contributed by atoms with Crippen LogP contribution in [0.3, 0.4) is 0 Å². The molecular formula is C23H29ClN2O3. The monoisotopic (exact) mass is 416 g/mol. The molecule has 0 saturated heterocycles. The summed E-state index contributed by atoms with van der Waals surface area (Å²) >= 11 is 6.30. The molecule has 0 aliphatic heterocycles. The second-order valence-corrected chi connectivity index (χ2v) is 7.12. The Bertz CT molecular complexity index is 848. The lowest BCUT2D eigenvalue weighted by atomic mass is 10.1. The van der Waals surface area contributed by atoms with Gasteiger partial charge in [0.05, 0.1) is 18.7 Å². The molecule has 0 unspecified atom stereocenters. The Kier molecular flexibility index (Phi) is 8.40. The fraction of sp³-hybridized carbons (Fsp3) is 0.348. The molecule has 1 amide bonds. The van der Waals surface area contributed by atoms with Gasteiger partial charge in [-0.25, -0.2) is 0 Å². The normalized spacial score (nSPS) is 10.8. The number of halogens is 1. The molecule has 0 N–H and O–H groups in total. The maximum absolute atomic E-state index is 12.7. The van der Waals surface area contributed by atoms with Gasteiger partial charge in [0.2, 0.25) is 5.91 Å². The number of nitrogens with zero attached hydrogens (tertiary/aromatic N) is 2. The lowest BCUT2D eigenvalue weighted by Crippen LogP contribution is -2.28. The standard InChI is InChI=1S/C23H29ClN2O3/c1-6-26(16-17-8-11-19(12-9-17)25(3)4)22(27)13-10-18-14-20(24)23(29-7-2)21(15-18)28-5/h8-15H,6-7,16H2,1-5H3/b13-10+. The van der Waals surface area contributed by atoms with Crippen LogP contribution in [0.4, 0.5) is 5.69 Å². The van der Waals surface area contributed by atoms with Crippen molar-refractivity contribution in [2.75, 3.05) is 39.3 Å². The van der Waals surface area contributed by atoms with Gasteiger partial charge in [-0.1, -0.05) is 23.7 Å². The Labute approximate surface area is 178 Å². The number of hydrogen-bond donors (Lipinski definition) is 0. The van der Waals surface area contributed by atoms with Gasteiger partial charge in [0, 0.05) is 38.9 Å². The largest absolute Gasteiger partial charge is 0.493 e. The molecule has 2 aromatic rings. The first-order chi connectivity index (χ1) is 13.9. The van der Waals surface area contributed by atoms with Crippen molar-refractivity contribution in [3.8, 4) is 11.5 Å². The Morgan fingerprint density at radius 1 is 1.14 bits per heavy atom. The third-order valence-electron chi connectivity index (χ3n) is 4.48. The van der Waals surface area contributed by atoms with E-state index in [0.717, 1.165) is 16.8 Å². The Balaban J connectivity index is 2.12. The first kappa shape index (κ1) is 22.6. The number of benzene rings is 2. The second-order valence-electron chi connectivity index (χ2n) is 6.71. The van der Waals surface area contributed by atoms with Crippen molar-refractivity contribution < 1.29 is 14.3 Å². The molecule has 0 heterocycles. The molecule has 0 aromatic heterocycles. The van der Waals surface area contributed by atoms with E-state index in [1.807, 2.05) is 45.0 Å². The summed E-state index contributed by atoms with van der Waals surface area (Å²) in [5, 5.41) is 0.451. The van der Waals surface area contributed by atoms with E-state index in [2.05, 4.69) is 12.1 Å². The minimum atomic E-state index is -0.0619. The van der Waals surface area contributed by atoms with Crippen LogP contribution >= 0.6 is 11.6 Å². The molecule has 5 nitrogen and oxygen atoms in total. The van der Waals surface area contributed by atoms with E-state index >= 15 is 0 Å². The van der Waals surface area contributed by atoms with E-state index in [9.17, 15) is 4.79 Å². The van der Waals surface area contributed by atoms with E-state index < -0.39 is 0 Å². The third kappa shape index (κ3) is 6.16. The van der Waals surface area contributed by atoms with Gasteiger partial charge in [0.25, 0.3) is 0 Å². The maximum Gasteiger partial charge on any atom is 0.246 e. The average molecular weight is 417 g/mol. The lowest BCUT2D eigenvalue weighted by Gasteiger charge is -2.20. The number of rotatable bonds is 9. The summed E-state index contributed by atoms with van der Waals surface area (Å²) in [4.78, 5) is 16.5. The summed E-state index contributed by atoms with van der Waals surface area (Å²) in [6, 6.07) is 11.8. The van der Waals surface area contributed by atoms with Crippen molar-refractivity contribution in [3.63, 3.8) is 0 Å². The van der Waals surface area contributed by atoms with E-state index in [0.29, 0.717) is 36.2 Å². The van der Waals surface area contributed by atoms with Crippen LogP contribution in [-0.2, 0) is 11.3 Å². The predicted molar refractivity (Wildman–Crippen MR) is 120 cm³/mol. The molecule has 0 radical (unpaired) electrons. The summed E-state index contributed by atoms with van der Waals surface area (Å²) in [7, 11) is 5.57. The number of likely N-dealkylation sites (N-methyl/N-ethyl adjacent to an activating group) is 1. The first-order valence-electron chi connectivity index (χ1n) is 9.63. The molecule has 0 atom stereocenters. The van der Waals surface area contributed by atoms with E-state index in [-0.39, 0.29) is 5.91 Å². The van der Waals surface area contributed by atoms with Gasteiger partial charge in [-0.05, 0) is 55.3 Å². The number of ether oxygens (including phenoxy) is 2. The van der Waals surface area contributed by atoms with Crippen LogP contribution in [-0.4, -0.2) is 45.2 Å². The van der Waals surface area contributed by atoms with Crippen LogP contribution in [0.5, 0.6) is 11.5 Å². The number of anilines is 1. The van der Waals surface area contributed by atoms with Gasteiger partial charge in [0.1, 0.15) is 0 Å². The number of amides is 1. The minimum Gasteiger partial charge on any atom is -0.493 e. The smallest absolute Gasteiger partial charge is 0.246 e. The van der Waals surface area contributed by atoms with Crippen molar-refractivity contribution in [3.05, 3.63) is 58.6 Å². The Hall–Kier alpha value is -2.66. The highest BCUT2D eigenvalue weighted by Gasteiger charge is 2.12. The highest BCUT2D eigenvalue weighted by atomic mass is 35.5. The highest BCUT2D eigenvalue weighted by Crippen LogP contribution is 2.36. The molecule has 156 valence electrons. The van der Waals surface area contributed by atoms with E-state index in [1.54, 1.807) is 36.3 Å². The van der Waals surface area contributed by atoms with Crippen LogP contribution in [0.2, 0.25) is 5.02 Å². The van der Waals surface area contributed by atoms with Crippen molar-refractivity contribution in [2.24, 2.45) is 0 Å². The first-order valence-corrected chi connectivity index (χ1v) is 10.0. The third-order valence-corrected chi connectivity index (χ3v) is 4.76. The number of methoxy groups -OCH3 is 1. The zero-order chi connectivity index (χ0) is 21.4. The molecule has 0 aliphatic rings. The van der Waals surface area contributed by atoms with Gasteiger partial charge < -0.3 is 19.3 Å². The van der Waals surface area contributed by atoms with E-state index in [4.69, 9.17) is 21.1 Å². The van der Waals surface area contributed by atoms with Crippen molar-refractivity contribution in [1.82, 2.24) is 4.90 Å². The average Bonchev–Trinajstić information content (AvgIpc) is 2.72. The molecule has 0 saturated carbocycles. The number of carbonyl (C=O) groups is 1. The Morgan fingerprint density at radius 2 is 1.83 bits per heavy atom. The summed E-state index contributed by atoms with van der Waals surface area (Å²) in [6.07, 6.45) is 3.30. The fourth-order valence-corrected chi connectivity index (χ4v) is 3.13. The molecule has 0 bridgehead atoms. The SMILES string of the molecule is CCOc1c(Cl)cc(/C=C/C(=O)N(CC)Cc2ccc(N(C)C)cc2)cc1OC. The molecule has 29 heavy (non-hydrogen) atoms. The van der Waals surface area contributed by atoms with Crippen LogP contribution in [0.1, 0.15) is 25.0 Å². The Morgan fingerprint density at radius 3 is 2.38 bits per heavy atom. The number of carbonyl (C=O) groups excluding carboxylic acids is 1. The van der Waals surface area contributed by atoms with Gasteiger partial charge in [-0.3, -0.25) is 4.79 Å². The zero-order valence-corrected chi connectivity index (χ0v) is 18.5. The second kappa shape index (κ2) is 10.8. The minimum absolute atomic E-state index is 0.0619. The summed E-state index contributed by atoms with van der Waals surface area (Å²) in [6.45, 7) is 5.52. The molecular weight excluding hydrogens is 388 g/mol. The molecule has 0 spiro atoms. The van der Waals surface area contributed by atoms with Crippen molar-refractivity contribution in [2.45, 2.75) is 20.4 Å². The van der Waals surface area contributed by atoms with Crippen molar-refractivity contribution in [1.29, 1.82) is 0 Å². The van der Waals surface area contributed by atoms with Crippen molar-refractivity contribution >= 4 is 29.3 Å². The van der Waals surface area contributed by atoms with Crippen LogP contribution < -0.4 is 14.4 Å². The van der Waals surface area contributed by atoms with Crippen LogP contribution in [0, 0.1) is 0 Å². The number of hydrogen-bond acceptors (Lipinski definition) is 4. The maximum atomic E-state index is 12.7. The summed E-state index contributed by atoms with van der Waals surface area (Å²) in [5.41, 5.74) is 2.99. The predicted octanol–water partition coefficient (Wildman–Crippen LogP) is 4.88. The molecule has 6 heteroatoms. The molecule has 2 rings (SSSR count). The summed E-state index contributed by atoms with van der Waals surface area (Å²) in [5.74, 6) is 0.990. The highest BCUT2D eigenvalue weighted by molar-refractivity contribution is 6.32. The van der Waals surface area contributed by atoms with Crippen LogP contribution in [0.25, 0.3) is 6.08 Å². The molecule has 2 aromatic carbocycles. The fourth-order valence-electron chi connectivity index (χ4n) is 2.86. The molecule has 0 fully saturated rings. The zero-order valence-electron chi connectivity index (χ0n) is 17.7. The van der Waals surface area contributed by atoms with Gasteiger partial charge in [-0.2, -0.15) is 0 Å². The summed E-state index contributed by atoms with van der Waals surface area (Å²) < 4.78 is 10.9. The van der Waals surface area contributed by atoms with Crippen LogP contribution in [0.15, 0.2) is 42.5 Å². The lowest BCUT2D eigenvalue weighted by molar-refractivity contribution is -0.126. The van der Waals surface area contributed by atoms with Gasteiger partial charge >= 0.3 is 0 Å². The van der Waals surface area contributed by atoms with E-state index in [1.165, 1.54) is 0 Å². The van der Waals surface area contributed by atoms with Gasteiger partial charge in [0.15, 0.2) is 11.5 Å². The quantitative estimate of drug-likeness (QED) is 0.546. The topological polar surface area (TPSA) is 42.0 Å². The van der Waals surface area contributed by atoms with Gasteiger partial charge in [-0.15, -0.1) is 0 Å².